The van der Waals surface area contributed by atoms with Gasteiger partial charge >= 0.3 is 0 Å². The molecule has 0 atom stereocenters. The summed E-state index contributed by atoms with van der Waals surface area (Å²) in [5.41, 5.74) is 2.08. The second-order valence-corrected chi connectivity index (χ2v) is 7.43. The molecule has 0 aliphatic carbocycles. The van der Waals surface area contributed by atoms with Gasteiger partial charge in [0.1, 0.15) is 0 Å². The number of fused-ring (bicyclic) bond motifs is 1. The lowest BCUT2D eigenvalue weighted by molar-refractivity contribution is 0.0953. The fraction of sp³-hybridized carbons (Fsp3) is 0.167. The molecule has 22 heavy (non-hydrogen) atoms. The third-order valence-electron chi connectivity index (χ3n) is 3.70. The van der Waals surface area contributed by atoms with Crippen molar-refractivity contribution in [1.82, 2.24) is 5.32 Å². The Morgan fingerprint density at radius 3 is 2.64 bits per heavy atom. The highest BCUT2D eigenvalue weighted by molar-refractivity contribution is 14.1. The molecule has 0 aliphatic rings. The molecule has 0 spiro atoms. The van der Waals surface area contributed by atoms with Crippen molar-refractivity contribution in [3.8, 4) is 0 Å². The average Bonchev–Trinajstić information content (AvgIpc) is 2.84. The number of benzene rings is 2. The highest BCUT2D eigenvalue weighted by atomic mass is 127. The molecular weight excluding hydrogens is 405 g/mol. The molecule has 3 rings (SSSR count). The summed E-state index contributed by atoms with van der Waals surface area (Å²) in [7, 11) is 0. The van der Waals surface area contributed by atoms with Crippen molar-refractivity contribution in [3.05, 3.63) is 68.1 Å². The number of amides is 1. The molecule has 2 aromatic carbocycles. The molecule has 0 bridgehead atoms. The highest BCUT2D eigenvalue weighted by Gasteiger charge is 2.10. The number of aryl methyl sites for hydroxylation is 1. The lowest BCUT2D eigenvalue weighted by atomic mass is 10.1. The number of rotatable bonds is 4. The van der Waals surface area contributed by atoms with E-state index in [4.69, 9.17) is 0 Å². The van der Waals surface area contributed by atoms with E-state index in [1.54, 1.807) is 0 Å². The van der Waals surface area contributed by atoms with E-state index < -0.39 is 0 Å². The third-order valence-corrected chi connectivity index (χ3v) is 5.97. The van der Waals surface area contributed by atoms with Crippen molar-refractivity contribution >= 4 is 49.9 Å². The Bertz CT molecular complexity index is 825. The fourth-order valence-corrected chi connectivity index (χ4v) is 4.34. The zero-order valence-electron chi connectivity index (χ0n) is 12.2. The summed E-state index contributed by atoms with van der Waals surface area (Å²) in [6, 6.07) is 16.1. The SMILES string of the molecule is Cc1c(CCNC(=O)c2ccccc2I)sc2ccccc12. The first-order valence-corrected chi connectivity index (χ1v) is 9.06. The maximum absolute atomic E-state index is 12.2. The van der Waals surface area contributed by atoms with Crippen LogP contribution in [0.3, 0.4) is 0 Å². The minimum atomic E-state index is 0.00349. The van der Waals surface area contributed by atoms with Gasteiger partial charge in [0.15, 0.2) is 0 Å². The van der Waals surface area contributed by atoms with Crippen LogP contribution in [0, 0.1) is 10.5 Å². The van der Waals surface area contributed by atoms with Crippen molar-refractivity contribution in [2.45, 2.75) is 13.3 Å². The van der Waals surface area contributed by atoms with Crippen LogP contribution in [0.1, 0.15) is 20.8 Å². The maximum Gasteiger partial charge on any atom is 0.252 e. The quantitative estimate of drug-likeness (QED) is 0.604. The van der Waals surface area contributed by atoms with Crippen LogP contribution in [0.25, 0.3) is 10.1 Å². The van der Waals surface area contributed by atoms with E-state index in [0.29, 0.717) is 6.54 Å². The number of carbonyl (C=O) groups is 1. The van der Waals surface area contributed by atoms with Crippen LogP contribution in [-0.4, -0.2) is 12.5 Å². The normalized spacial score (nSPS) is 10.8. The van der Waals surface area contributed by atoms with Crippen LogP contribution in [0.5, 0.6) is 0 Å². The van der Waals surface area contributed by atoms with Gasteiger partial charge in [0.2, 0.25) is 0 Å². The molecule has 0 unspecified atom stereocenters. The average molecular weight is 421 g/mol. The largest absolute Gasteiger partial charge is 0.352 e. The number of hydrogen-bond donors (Lipinski definition) is 1. The van der Waals surface area contributed by atoms with E-state index in [1.165, 1.54) is 20.5 Å². The number of nitrogens with one attached hydrogen (secondary N) is 1. The Kier molecular flexibility index (Phi) is 4.78. The summed E-state index contributed by atoms with van der Waals surface area (Å²) in [4.78, 5) is 13.6. The van der Waals surface area contributed by atoms with Gasteiger partial charge in [-0.1, -0.05) is 30.3 Å². The van der Waals surface area contributed by atoms with Crippen LogP contribution >= 0.6 is 33.9 Å². The van der Waals surface area contributed by atoms with Gasteiger partial charge in [-0.05, 0) is 65.1 Å². The third kappa shape index (κ3) is 3.17. The Balaban J connectivity index is 1.66. The van der Waals surface area contributed by atoms with E-state index in [0.717, 1.165) is 15.6 Å². The molecule has 0 fully saturated rings. The van der Waals surface area contributed by atoms with Gasteiger partial charge in [-0.3, -0.25) is 4.79 Å². The molecule has 0 radical (unpaired) electrons. The molecular formula is C18H16INOS. The molecule has 112 valence electrons. The molecule has 0 aliphatic heterocycles. The fourth-order valence-electron chi connectivity index (χ4n) is 2.49. The molecule has 2 nitrogen and oxygen atoms in total. The maximum atomic E-state index is 12.2. The lowest BCUT2D eigenvalue weighted by Crippen LogP contribution is -2.26. The minimum Gasteiger partial charge on any atom is -0.352 e. The van der Waals surface area contributed by atoms with Gasteiger partial charge in [0.25, 0.3) is 5.91 Å². The van der Waals surface area contributed by atoms with Crippen molar-refractivity contribution in [2.75, 3.05) is 6.54 Å². The summed E-state index contributed by atoms with van der Waals surface area (Å²) in [5.74, 6) is 0.00349. The number of carbonyl (C=O) groups excluding carboxylic acids is 1. The summed E-state index contributed by atoms with van der Waals surface area (Å²) < 4.78 is 2.30. The second-order valence-electron chi connectivity index (χ2n) is 5.13. The first-order valence-electron chi connectivity index (χ1n) is 7.16. The topological polar surface area (TPSA) is 29.1 Å². The Morgan fingerprint density at radius 1 is 1.14 bits per heavy atom. The zero-order chi connectivity index (χ0) is 15.5. The second kappa shape index (κ2) is 6.79. The molecule has 0 saturated heterocycles. The molecule has 1 N–H and O–H groups in total. The van der Waals surface area contributed by atoms with E-state index in [9.17, 15) is 4.79 Å². The van der Waals surface area contributed by atoms with Gasteiger partial charge < -0.3 is 5.32 Å². The number of thiophene rings is 1. The molecule has 1 aromatic heterocycles. The molecule has 1 heterocycles. The highest BCUT2D eigenvalue weighted by Crippen LogP contribution is 2.30. The molecule has 0 saturated carbocycles. The summed E-state index contributed by atoms with van der Waals surface area (Å²) in [6.07, 6.45) is 0.875. The first-order chi connectivity index (χ1) is 10.7. The monoisotopic (exact) mass is 421 g/mol. The Hall–Kier alpha value is -1.40. The standard InChI is InChI=1S/C18H16INOS/c1-12-13-6-3-5-9-17(13)22-16(12)10-11-20-18(21)14-7-2-4-8-15(14)19/h2-9H,10-11H2,1H3,(H,20,21). The minimum absolute atomic E-state index is 0.00349. The van der Waals surface area contributed by atoms with E-state index in [1.807, 2.05) is 35.6 Å². The van der Waals surface area contributed by atoms with E-state index in [-0.39, 0.29) is 5.91 Å². The van der Waals surface area contributed by atoms with Crippen LogP contribution in [0.15, 0.2) is 48.5 Å². The van der Waals surface area contributed by atoms with Crippen LogP contribution in [-0.2, 0) is 6.42 Å². The van der Waals surface area contributed by atoms with Gasteiger partial charge in [-0.25, -0.2) is 0 Å². The van der Waals surface area contributed by atoms with Crippen LogP contribution in [0.4, 0.5) is 0 Å². The number of hydrogen-bond acceptors (Lipinski definition) is 2. The molecule has 4 heteroatoms. The van der Waals surface area contributed by atoms with E-state index >= 15 is 0 Å². The van der Waals surface area contributed by atoms with Gasteiger partial charge in [0.05, 0.1) is 5.56 Å². The smallest absolute Gasteiger partial charge is 0.252 e. The Morgan fingerprint density at radius 2 is 1.86 bits per heavy atom. The first kappa shape index (κ1) is 15.5. The van der Waals surface area contributed by atoms with Crippen molar-refractivity contribution < 1.29 is 4.79 Å². The number of halogens is 1. The van der Waals surface area contributed by atoms with Crippen LogP contribution < -0.4 is 5.32 Å². The molecule has 1 amide bonds. The summed E-state index contributed by atoms with van der Waals surface area (Å²) >= 11 is 4.02. The van der Waals surface area contributed by atoms with Gasteiger partial charge in [-0.2, -0.15) is 0 Å². The van der Waals surface area contributed by atoms with Gasteiger partial charge in [-0.15, -0.1) is 11.3 Å². The predicted octanol–water partition coefficient (Wildman–Crippen LogP) is 4.79. The Labute approximate surface area is 147 Å². The lowest BCUT2D eigenvalue weighted by Gasteiger charge is -2.06. The summed E-state index contributed by atoms with van der Waals surface area (Å²) in [6.45, 7) is 2.83. The zero-order valence-corrected chi connectivity index (χ0v) is 15.2. The molecule has 3 aromatic rings. The summed E-state index contributed by atoms with van der Waals surface area (Å²) in [5, 5.41) is 4.35. The van der Waals surface area contributed by atoms with Crippen molar-refractivity contribution in [3.63, 3.8) is 0 Å². The van der Waals surface area contributed by atoms with Crippen LogP contribution in [0.2, 0.25) is 0 Å². The predicted molar refractivity (Wildman–Crippen MR) is 102 cm³/mol. The van der Waals surface area contributed by atoms with Gasteiger partial charge in [0, 0.05) is 19.7 Å². The van der Waals surface area contributed by atoms with Crippen molar-refractivity contribution in [1.29, 1.82) is 0 Å². The van der Waals surface area contributed by atoms with E-state index in [2.05, 4.69) is 59.1 Å². The van der Waals surface area contributed by atoms with Crippen molar-refractivity contribution in [2.24, 2.45) is 0 Å².